The standard InChI is InChI=1S/C22H22N4O6/c1-4-31-20-10-9-15(11-19(20)26(29)30)21(27)24-16-7-6-8-17(12-16)25-14(3)18(13-23-25)22(28)32-5-2/h6-13H,4-5H2,1-3H3,(H,24,27). The van der Waals surface area contributed by atoms with Crippen molar-refractivity contribution in [3.63, 3.8) is 0 Å². The number of benzene rings is 2. The van der Waals surface area contributed by atoms with Crippen molar-refractivity contribution in [3.8, 4) is 11.4 Å². The molecule has 0 aliphatic rings. The van der Waals surface area contributed by atoms with E-state index in [9.17, 15) is 19.7 Å². The van der Waals surface area contributed by atoms with Gasteiger partial charge in [0, 0.05) is 17.3 Å². The SMILES string of the molecule is CCOC(=O)c1cnn(-c2cccc(NC(=O)c3ccc(OCC)c([N+](=O)[O-])c3)c2)c1C. The summed E-state index contributed by atoms with van der Waals surface area (Å²) in [5.41, 5.74) is 1.85. The first kappa shape index (κ1) is 22.5. The van der Waals surface area contributed by atoms with E-state index in [1.54, 1.807) is 49.7 Å². The molecule has 2 aromatic carbocycles. The molecule has 0 fully saturated rings. The second kappa shape index (κ2) is 9.73. The van der Waals surface area contributed by atoms with Gasteiger partial charge in [0.15, 0.2) is 5.75 Å². The Morgan fingerprint density at radius 1 is 1.16 bits per heavy atom. The molecular weight excluding hydrogens is 416 g/mol. The molecule has 10 heteroatoms. The zero-order chi connectivity index (χ0) is 23.3. The van der Waals surface area contributed by atoms with Crippen molar-refractivity contribution in [1.29, 1.82) is 0 Å². The molecule has 0 unspecified atom stereocenters. The summed E-state index contributed by atoms with van der Waals surface area (Å²) in [6.07, 6.45) is 1.43. The maximum absolute atomic E-state index is 12.7. The summed E-state index contributed by atoms with van der Waals surface area (Å²) in [5, 5.41) is 18.3. The van der Waals surface area contributed by atoms with Crippen LogP contribution in [-0.4, -0.2) is 39.8 Å². The Labute approximate surface area is 183 Å². The van der Waals surface area contributed by atoms with E-state index in [0.717, 1.165) is 0 Å². The Hall–Kier alpha value is -4.21. The number of rotatable bonds is 8. The predicted octanol–water partition coefficient (Wildman–Crippen LogP) is 3.92. The lowest BCUT2D eigenvalue weighted by Gasteiger charge is -2.10. The Morgan fingerprint density at radius 2 is 1.94 bits per heavy atom. The van der Waals surface area contributed by atoms with Gasteiger partial charge in [0.1, 0.15) is 5.56 Å². The molecule has 0 bridgehead atoms. The Bertz CT molecular complexity index is 1170. The number of nitro groups is 1. The van der Waals surface area contributed by atoms with Gasteiger partial charge in [0.05, 0.1) is 35.7 Å². The largest absolute Gasteiger partial charge is 0.487 e. The zero-order valence-corrected chi connectivity index (χ0v) is 17.8. The number of esters is 1. The van der Waals surface area contributed by atoms with Crippen LogP contribution in [0.1, 0.15) is 40.3 Å². The molecule has 1 N–H and O–H groups in total. The first-order valence-electron chi connectivity index (χ1n) is 9.90. The van der Waals surface area contributed by atoms with Crippen molar-refractivity contribution in [2.45, 2.75) is 20.8 Å². The molecule has 0 saturated heterocycles. The molecule has 1 aromatic heterocycles. The van der Waals surface area contributed by atoms with Crippen LogP contribution in [0.5, 0.6) is 5.75 Å². The number of hydrogen-bond donors (Lipinski definition) is 1. The van der Waals surface area contributed by atoms with Crippen LogP contribution in [0.4, 0.5) is 11.4 Å². The minimum atomic E-state index is -0.593. The van der Waals surface area contributed by atoms with E-state index in [-0.39, 0.29) is 30.2 Å². The Balaban J connectivity index is 1.84. The van der Waals surface area contributed by atoms with Gasteiger partial charge in [-0.05, 0) is 51.1 Å². The molecule has 0 spiro atoms. The number of amides is 1. The van der Waals surface area contributed by atoms with Gasteiger partial charge in [-0.3, -0.25) is 14.9 Å². The maximum Gasteiger partial charge on any atom is 0.341 e. The van der Waals surface area contributed by atoms with Crippen molar-refractivity contribution in [3.05, 3.63) is 75.6 Å². The number of carbonyl (C=O) groups is 2. The summed E-state index contributed by atoms with van der Waals surface area (Å²) in [4.78, 5) is 35.4. The molecule has 166 valence electrons. The lowest BCUT2D eigenvalue weighted by Crippen LogP contribution is -2.13. The lowest BCUT2D eigenvalue weighted by atomic mass is 10.1. The fourth-order valence-corrected chi connectivity index (χ4v) is 3.08. The van der Waals surface area contributed by atoms with E-state index in [0.29, 0.717) is 22.6 Å². The number of ether oxygens (including phenoxy) is 2. The van der Waals surface area contributed by atoms with E-state index in [4.69, 9.17) is 9.47 Å². The topological polar surface area (TPSA) is 126 Å². The lowest BCUT2D eigenvalue weighted by molar-refractivity contribution is -0.385. The Morgan fingerprint density at radius 3 is 2.62 bits per heavy atom. The molecule has 1 amide bonds. The van der Waals surface area contributed by atoms with Crippen LogP contribution in [0.25, 0.3) is 5.69 Å². The third kappa shape index (κ3) is 4.75. The van der Waals surface area contributed by atoms with Crippen LogP contribution in [0, 0.1) is 17.0 Å². The minimum absolute atomic E-state index is 0.0996. The molecule has 0 aliphatic heterocycles. The third-order valence-corrected chi connectivity index (χ3v) is 4.57. The molecule has 3 aromatic rings. The van der Waals surface area contributed by atoms with Gasteiger partial charge in [-0.1, -0.05) is 6.07 Å². The molecule has 1 heterocycles. The molecule has 3 rings (SSSR count). The summed E-state index contributed by atoms with van der Waals surface area (Å²) in [6, 6.07) is 10.9. The second-order valence-corrected chi connectivity index (χ2v) is 6.65. The number of aromatic nitrogens is 2. The van der Waals surface area contributed by atoms with Gasteiger partial charge < -0.3 is 14.8 Å². The van der Waals surface area contributed by atoms with Crippen molar-refractivity contribution >= 4 is 23.3 Å². The highest BCUT2D eigenvalue weighted by atomic mass is 16.6. The molecular formula is C22H22N4O6. The van der Waals surface area contributed by atoms with Crippen molar-refractivity contribution in [1.82, 2.24) is 9.78 Å². The molecule has 10 nitrogen and oxygen atoms in total. The van der Waals surface area contributed by atoms with Gasteiger partial charge in [-0.15, -0.1) is 0 Å². The number of nitrogens with one attached hydrogen (secondary N) is 1. The number of nitro benzene ring substituents is 1. The first-order valence-corrected chi connectivity index (χ1v) is 9.90. The summed E-state index contributed by atoms with van der Waals surface area (Å²) in [5.74, 6) is -0.877. The van der Waals surface area contributed by atoms with Crippen LogP contribution in [0.15, 0.2) is 48.7 Å². The van der Waals surface area contributed by atoms with Crippen molar-refractivity contribution in [2.24, 2.45) is 0 Å². The van der Waals surface area contributed by atoms with Crippen LogP contribution >= 0.6 is 0 Å². The van der Waals surface area contributed by atoms with Crippen LogP contribution in [0.3, 0.4) is 0 Å². The predicted molar refractivity (Wildman–Crippen MR) is 116 cm³/mol. The minimum Gasteiger partial charge on any atom is -0.487 e. The zero-order valence-electron chi connectivity index (χ0n) is 17.8. The summed E-state index contributed by atoms with van der Waals surface area (Å²) in [6.45, 7) is 5.71. The highest BCUT2D eigenvalue weighted by molar-refractivity contribution is 6.05. The molecule has 0 atom stereocenters. The van der Waals surface area contributed by atoms with Crippen molar-refractivity contribution < 1.29 is 24.0 Å². The van der Waals surface area contributed by atoms with Gasteiger partial charge in [-0.25, -0.2) is 9.48 Å². The average molecular weight is 438 g/mol. The maximum atomic E-state index is 12.7. The highest BCUT2D eigenvalue weighted by Crippen LogP contribution is 2.28. The first-order chi connectivity index (χ1) is 15.3. The van der Waals surface area contributed by atoms with Crippen LogP contribution in [0.2, 0.25) is 0 Å². The summed E-state index contributed by atoms with van der Waals surface area (Å²) < 4.78 is 11.8. The van der Waals surface area contributed by atoms with E-state index in [1.165, 1.54) is 24.4 Å². The molecule has 0 aliphatic carbocycles. The van der Waals surface area contributed by atoms with E-state index in [1.807, 2.05) is 0 Å². The van der Waals surface area contributed by atoms with E-state index < -0.39 is 16.8 Å². The molecule has 32 heavy (non-hydrogen) atoms. The second-order valence-electron chi connectivity index (χ2n) is 6.65. The smallest absolute Gasteiger partial charge is 0.341 e. The van der Waals surface area contributed by atoms with Gasteiger partial charge in [-0.2, -0.15) is 5.10 Å². The highest BCUT2D eigenvalue weighted by Gasteiger charge is 2.19. The normalized spacial score (nSPS) is 10.5. The number of nitrogens with zero attached hydrogens (tertiary/aromatic N) is 3. The van der Waals surface area contributed by atoms with E-state index in [2.05, 4.69) is 10.4 Å². The van der Waals surface area contributed by atoms with E-state index >= 15 is 0 Å². The summed E-state index contributed by atoms with van der Waals surface area (Å²) >= 11 is 0. The van der Waals surface area contributed by atoms with Crippen LogP contribution < -0.4 is 10.1 Å². The third-order valence-electron chi connectivity index (χ3n) is 4.57. The van der Waals surface area contributed by atoms with Gasteiger partial charge in [0.25, 0.3) is 5.91 Å². The number of carbonyl (C=O) groups excluding carboxylic acids is 2. The van der Waals surface area contributed by atoms with Gasteiger partial charge >= 0.3 is 11.7 Å². The Kier molecular flexibility index (Phi) is 6.83. The quantitative estimate of drug-likeness (QED) is 0.321. The van der Waals surface area contributed by atoms with Gasteiger partial charge in [0.2, 0.25) is 0 Å². The van der Waals surface area contributed by atoms with Crippen LogP contribution in [-0.2, 0) is 4.74 Å². The summed E-state index contributed by atoms with van der Waals surface area (Å²) in [7, 11) is 0. The fourth-order valence-electron chi connectivity index (χ4n) is 3.08. The monoisotopic (exact) mass is 438 g/mol. The van der Waals surface area contributed by atoms with Crippen molar-refractivity contribution in [2.75, 3.05) is 18.5 Å². The average Bonchev–Trinajstić information content (AvgIpc) is 3.16. The number of hydrogen-bond acceptors (Lipinski definition) is 7. The fraction of sp³-hybridized carbons (Fsp3) is 0.227. The molecule has 0 saturated carbocycles. The molecule has 0 radical (unpaired) electrons. The number of anilines is 1.